The van der Waals surface area contributed by atoms with E-state index in [9.17, 15) is 0 Å². The average Bonchev–Trinajstić information content (AvgIpc) is 2.87. The molecule has 3 rings (SSSR count). The molecule has 21 heavy (non-hydrogen) atoms. The van der Waals surface area contributed by atoms with Crippen LogP contribution in [0.2, 0.25) is 0 Å². The fourth-order valence-electron chi connectivity index (χ4n) is 2.78. The number of aryl methyl sites for hydroxylation is 1. The Labute approximate surface area is 125 Å². The van der Waals surface area contributed by atoms with Crippen LogP contribution in [0.15, 0.2) is 28.8 Å². The van der Waals surface area contributed by atoms with Crippen LogP contribution in [0.4, 0.5) is 11.6 Å². The lowest BCUT2D eigenvalue weighted by Crippen LogP contribution is -2.31. The number of hydrogen-bond donors (Lipinski definition) is 1. The Bertz CT molecular complexity index is 587. The maximum absolute atomic E-state index is 5.05. The zero-order valence-corrected chi connectivity index (χ0v) is 12.7. The quantitative estimate of drug-likeness (QED) is 0.936. The number of nitrogens with zero attached hydrogens (tertiary/aromatic N) is 3. The van der Waals surface area contributed by atoms with Crippen LogP contribution in [-0.4, -0.2) is 35.2 Å². The van der Waals surface area contributed by atoms with Crippen molar-refractivity contribution in [2.24, 2.45) is 5.92 Å². The molecule has 0 aromatic carbocycles. The first kappa shape index (κ1) is 14.1. The number of anilines is 2. The highest BCUT2D eigenvalue weighted by Gasteiger charge is 2.17. The van der Waals surface area contributed by atoms with Gasteiger partial charge in [-0.2, -0.15) is 0 Å². The van der Waals surface area contributed by atoms with Gasteiger partial charge in [-0.1, -0.05) is 11.2 Å². The summed E-state index contributed by atoms with van der Waals surface area (Å²) < 4.78 is 5.05. The summed E-state index contributed by atoms with van der Waals surface area (Å²) >= 11 is 0. The van der Waals surface area contributed by atoms with Crippen LogP contribution in [0.25, 0.3) is 0 Å². The Balaban J connectivity index is 1.63. The average molecular weight is 286 g/mol. The van der Waals surface area contributed by atoms with Crippen LogP contribution in [0.5, 0.6) is 0 Å². The van der Waals surface area contributed by atoms with Crippen molar-refractivity contribution in [3.05, 3.63) is 35.7 Å². The van der Waals surface area contributed by atoms with E-state index in [1.807, 2.05) is 25.1 Å². The van der Waals surface area contributed by atoms with Crippen molar-refractivity contribution in [1.29, 1.82) is 0 Å². The van der Waals surface area contributed by atoms with Gasteiger partial charge in [0.2, 0.25) is 0 Å². The summed E-state index contributed by atoms with van der Waals surface area (Å²) in [7, 11) is 2.19. The van der Waals surface area contributed by atoms with Crippen molar-refractivity contribution in [2.75, 3.05) is 25.5 Å². The van der Waals surface area contributed by atoms with E-state index in [0.29, 0.717) is 5.82 Å². The van der Waals surface area contributed by atoms with Crippen molar-refractivity contribution in [1.82, 2.24) is 15.0 Å². The molecular weight excluding hydrogens is 264 g/mol. The Morgan fingerprint density at radius 1 is 1.29 bits per heavy atom. The minimum absolute atomic E-state index is 0.705. The minimum atomic E-state index is 0.705. The molecule has 1 fully saturated rings. The first-order chi connectivity index (χ1) is 10.2. The number of nitrogens with one attached hydrogen (secondary N) is 1. The molecule has 1 N–H and O–H groups in total. The van der Waals surface area contributed by atoms with E-state index in [1.54, 1.807) is 0 Å². The van der Waals surface area contributed by atoms with Gasteiger partial charge in [0, 0.05) is 11.8 Å². The molecule has 0 unspecified atom stereocenters. The number of likely N-dealkylation sites (tertiary alicyclic amines) is 1. The van der Waals surface area contributed by atoms with Crippen molar-refractivity contribution in [3.8, 4) is 0 Å². The molecule has 1 aliphatic heterocycles. The van der Waals surface area contributed by atoms with Gasteiger partial charge in [0.25, 0.3) is 0 Å². The van der Waals surface area contributed by atoms with E-state index in [0.717, 1.165) is 29.6 Å². The van der Waals surface area contributed by atoms with E-state index in [4.69, 9.17) is 4.52 Å². The summed E-state index contributed by atoms with van der Waals surface area (Å²) in [5, 5.41) is 7.12. The Morgan fingerprint density at radius 3 is 2.81 bits per heavy atom. The Kier molecular flexibility index (Phi) is 4.20. The van der Waals surface area contributed by atoms with Gasteiger partial charge in [-0.05, 0) is 64.4 Å². The molecule has 0 atom stereocenters. The summed E-state index contributed by atoms with van der Waals surface area (Å²) in [5.41, 5.74) is 1.15. The normalized spacial score (nSPS) is 17.0. The smallest absolute Gasteiger partial charge is 0.175 e. The number of aromatic nitrogens is 2. The van der Waals surface area contributed by atoms with Gasteiger partial charge < -0.3 is 14.7 Å². The van der Waals surface area contributed by atoms with Crippen LogP contribution in [0.3, 0.4) is 0 Å². The van der Waals surface area contributed by atoms with Crippen LogP contribution >= 0.6 is 0 Å². The molecular formula is C16H22N4O. The van der Waals surface area contributed by atoms with Crippen molar-refractivity contribution in [2.45, 2.75) is 26.2 Å². The number of pyridine rings is 1. The molecule has 0 amide bonds. The SMILES string of the molecule is Cc1cc(Nc2cccc(CC3CCN(C)CC3)n2)no1. The Hall–Kier alpha value is -1.88. The van der Waals surface area contributed by atoms with Gasteiger partial charge in [-0.15, -0.1) is 0 Å². The molecule has 0 bridgehead atoms. The van der Waals surface area contributed by atoms with E-state index in [-0.39, 0.29) is 0 Å². The van der Waals surface area contributed by atoms with E-state index < -0.39 is 0 Å². The second-order valence-corrected chi connectivity index (χ2v) is 5.91. The molecule has 2 aromatic heterocycles. The highest BCUT2D eigenvalue weighted by molar-refractivity contribution is 5.51. The third kappa shape index (κ3) is 3.82. The van der Waals surface area contributed by atoms with Crippen molar-refractivity contribution < 1.29 is 4.52 Å². The van der Waals surface area contributed by atoms with Gasteiger partial charge in [-0.3, -0.25) is 0 Å². The van der Waals surface area contributed by atoms with Gasteiger partial charge in [0.05, 0.1) is 0 Å². The monoisotopic (exact) mass is 286 g/mol. The zero-order valence-electron chi connectivity index (χ0n) is 12.7. The predicted molar refractivity (Wildman–Crippen MR) is 82.7 cm³/mol. The van der Waals surface area contributed by atoms with E-state index >= 15 is 0 Å². The number of piperidine rings is 1. The molecule has 1 saturated heterocycles. The summed E-state index contributed by atoms with van der Waals surface area (Å²) in [6.45, 7) is 4.27. The van der Waals surface area contributed by atoms with Crippen molar-refractivity contribution in [3.63, 3.8) is 0 Å². The fraction of sp³-hybridized carbons (Fsp3) is 0.500. The molecule has 0 spiro atoms. The van der Waals surface area contributed by atoms with Gasteiger partial charge >= 0.3 is 0 Å². The van der Waals surface area contributed by atoms with Crippen LogP contribution in [-0.2, 0) is 6.42 Å². The maximum Gasteiger partial charge on any atom is 0.175 e. The van der Waals surface area contributed by atoms with Crippen LogP contribution < -0.4 is 5.32 Å². The molecule has 0 radical (unpaired) electrons. The second-order valence-electron chi connectivity index (χ2n) is 5.91. The third-order valence-corrected chi connectivity index (χ3v) is 4.03. The number of rotatable bonds is 4. The minimum Gasteiger partial charge on any atom is -0.360 e. The van der Waals surface area contributed by atoms with E-state index in [1.165, 1.54) is 25.9 Å². The second kappa shape index (κ2) is 6.26. The summed E-state index contributed by atoms with van der Waals surface area (Å²) in [6.07, 6.45) is 3.58. The van der Waals surface area contributed by atoms with Gasteiger partial charge in [-0.25, -0.2) is 4.98 Å². The molecule has 5 nitrogen and oxygen atoms in total. The highest BCUT2D eigenvalue weighted by Crippen LogP contribution is 2.21. The highest BCUT2D eigenvalue weighted by atomic mass is 16.5. The molecule has 0 saturated carbocycles. The lowest BCUT2D eigenvalue weighted by Gasteiger charge is -2.28. The number of hydrogen-bond acceptors (Lipinski definition) is 5. The Morgan fingerprint density at radius 2 is 2.10 bits per heavy atom. The third-order valence-electron chi connectivity index (χ3n) is 4.03. The summed E-state index contributed by atoms with van der Waals surface area (Å²) in [6, 6.07) is 7.98. The van der Waals surface area contributed by atoms with E-state index in [2.05, 4.69) is 33.5 Å². The van der Waals surface area contributed by atoms with Crippen LogP contribution in [0, 0.1) is 12.8 Å². The molecule has 3 heterocycles. The summed E-state index contributed by atoms with van der Waals surface area (Å²) in [5.74, 6) is 3.07. The lowest BCUT2D eigenvalue weighted by molar-refractivity contribution is 0.218. The maximum atomic E-state index is 5.05. The topological polar surface area (TPSA) is 54.2 Å². The van der Waals surface area contributed by atoms with Crippen molar-refractivity contribution >= 4 is 11.6 Å². The first-order valence-corrected chi connectivity index (χ1v) is 7.54. The summed E-state index contributed by atoms with van der Waals surface area (Å²) in [4.78, 5) is 7.08. The molecule has 112 valence electrons. The zero-order chi connectivity index (χ0) is 14.7. The molecule has 2 aromatic rings. The first-order valence-electron chi connectivity index (χ1n) is 7.54. The fourth-order valence-corrected chi connectivity index (χ4v) is 2.78. The predicted octanol–water partition coefficient (Wildman–Crippen LogP) is 3.01. The molecule has 0 aliphatic carbocycles. The lowest BCUT2D eigenvalue weighted by atomic mass is 9.92. The van der Waals surface area contributed by atoms with Gasteiger partial charge in [0.1, 0.15) is 11.6 Å². The van der Waals surface area contributed by atoms with Gasteiger partial charge in [0.15, 0.2) is 5.82 Å². The molecule has 1 aliphatic rings. The molecule has 5 heteroatoms. The largest absolute Gasteiger partial charge is 0.360 e. The van der Waals surface area contributed by atoms with Crippen LogP contribution in [0.1, 0.15) is 24.3 Å². The standard InChI is InChI=1S/C16H22N4O/c1-12-10-16(19-21-12)18-15-5-3-4-14(17-15)11-13-6-8-20(2)9-7-13/h3-5,10,13H,6-9,11H2,1-2H3,(H,17,18,19).